The van der Waals surface area contributed by atoms with E-state index in [2.05, 4.69) is 4.74 Å². The van der Waals surface area contributed by atoms with Gasteiger partial charge in [0.05, 0.1) is 30.4 Å². The lowest BCUT2D eigenvalue weighted by molar-refractivity contribution is -0.385. The van der Waals surface area contributed by atoms with Gasteiger partial charge in [0.25, 0.3) is 11.2 Å². The van der Waals surface area contributed by atoms with Gasteiger partial charge < -0.3 is 14.0 Å². The van der Waals surface area contributed by atoms with Crippen LogP contribution < -0.4 is 10.3 Å². The molecule has 1 aromatic heterocycles. The van der Waals surface area contributed by atoms with Crippen LogP contribution in [0.25, 0.3) is 0 Å². The Kier molecular flexibility index (Phi) is 5.89. The molecule has 0 atom stereocenters. The molecule has 1 heterocycles. The molecule has 0 amide bonds. The number of rotatable bonds is 7. The molecule has 0 spiro atoms. The van der Waals surface area contributed by atoms with Crippen molar-refractivity contribution in [2.45, 2.75) is 19.9 Å². The van der Waals surface area contributed by atoms with Crippen molar-refractivity contribution in [3.8, 4) is 5.75 Å². The van der Waals surface area contributed by atoms with Crippen molar-refractivity contribution in [1.82, 2.24) is 4.57 Å². The van der Waals surface area contributed by atoms with Gasteiger partial charge in [-0.2, -0.15) is 0 Å². The van der Waals surface area contributed by atoms with Crippen LogP contribution >= 0.6 is 0 Å². The molecule has 25 heavy (non-hydrogen) atoms. The Balaban J connectivity index is 1.91. The van der Waals surface area contributed by atoms with Gasteiger partial charge in [-0.15, -0.1) is 0 Å². The largest absolute Gasteiger partial charge is 0.494 e. The van der Waals surface area contributed by atoms with Crippen LogP contribution in [0.5, 0.6) is 5.75 Å². The summed E-state index contributed by atoms with van der Waals surface area (Å²) in [6.45, 7) is 2.16. The average molecular weight is 346 g/mol. The maximum Gasteiger partial charge on any atom is 0.337 e. The van der Waals surface area contributed by atoms with E-state index >= 15 is 0 Å². The number of aryl methyl sites for hydroxylation is 2. The molecule has 0 bridgehead atoms. The van der Waals surface area contributed by atoms with Crippen LogP contribution in [-0.2, 0) is 11.3 Å². The lowest BCUT2D eigenvalue weighted by Crippen LogP contribution is -2.21. The van der Waals surface area contributed by atoms with E-state index in [0.717, 1.165) is 0 Å². The van der Waals surface area contributed by atoms with Crippen molar-refractivity contribution in [2.24, 2.45) is 0 Å². The van der Waals surface area contributed by atoms with Crippen molar-refractivity contribution in [3.05, 3.63) is 68.1 Å². The second-order valence-electron chi connectivity index (χ2n) is 5.35. The summed E-state index contributed by atoms with van der Waals surface area (Å²) in [7, 11) is 1.31. The molecule has 0 aliphatic heterocycles. The minimum absolute atomic E-state index is 0.0843. The molecule has 0 fully saturated rings. The zero-order valence-corrected chi connectivity index (χ0v) is 13.9. The fourth-order valence-electron chi connectivity index (χ4n) is 2.25. The van der Waals surface area contributed by atoms with E-state index < -0.39 is 10.9 Å². The third-order valence-electron chi connectivity index (χ3n) is 3.59. The number of methoxy groups -OCH3 is 1. The number of aromatic nitrogens is 1. The highest BCUT2D eigenvalue weighted by atomic mass is 16.6. The Morgan fingerprint density at radius 1 is 1.28 bits per heavy atom. The third kappa shape index (κ3) is 4.66. The Morgan fingerprint density at radius 3 is 2.56 bits per heavy atom. The molecule has 0 saturated carbocycles. The first-order chi connectivity index (χ1) is 11.9. The molecule has 0 radical (unpaired) electrons. The maximum atomic E-state index is 11.9. The second-order valence-corrected chi connectivity index (χ2v) is 5.35. The Morgan fingerprint density at radius 2 is 1.96 bits per heavy atom. The Bertz CT molecular complexity index is 826. The van der Waals surface area contributed by atoms with Gasteiger partial charge in [0.15, 0.2) is 0 Å². The molecule has 2 rings (SSSR count). The summed E-state index contributed by atoms with van der Waals surface area (Å²) in [5.74, 6) is 0.154. The SMILES string of the molecule is COC(=O)c1ccc(OCCCn2cc([N+](=O)[O-])c(C)cc2=O)cc1. The monoisotopic (exact) mass is 346 g/mol. The first-order valence-corrected chi connectivity index (χ1v) is 7.59. The third-order valence-corrected chi connectivity index (χ3v) is 3.59. The average Bonchev–Trinajstić information content (AvgIpc) is 2.59. The number of pyridine rings is 1. The number of benzene rings is 1. The number of nitrogens with zero attached hydrogens (tertiary/aromatic N) is 2. The van der Waals surface area contributed by atoms with E-state index in [-0.39, 0.29) is 11.2 Å². The molecule has 132 valence electrons. The molecule has 8 nitrogen and oxygen atoms in total. The standard InChI is InChI=1S/C17H18N2O6/c1-12-10-16(20)18(11-15(12)19(22)23)8-3-9-25-14-6-4-13(5-7-14)17(21)24-2/h4-7,10-11H,3,8-9H2,1-2H3. The summed E-state index contributed by atoms with van der Waals surface area (Å²) in [6, 6.07) is 7.73. The van der Waals surface area contributed by atoms with Crippen molar-refractivity contribution >= 4 is 11.7 Å². The zero-order valence-electron chi connectivity index (χ0n) is 13.9. The smallest absolute Gasteiger partial charge is 0.337 e. The highest BCUT2D eigenvalue weighted by molar-refractivity contribution is 5.89. The molecule has 0 saturated heterocycles. The number of carbonyl (C=O) groups excluding carboxylic acids is 1. The van der Waals surface area contributed by atoms with Crippen LogP contribution in [-0.4, -0.2) is 29.2 Å². The normalized spacial score (nSPS) is 10.3. The molecule has 8 heteroatoms. The van der Waals surface area contributed by atoms with Gasteiger partial charge >= 0.3 is 5.97 Å². The van der Waals surface area contributed by atoms with Crippen molar-refractivity contribution in [2.75, 3.05) is 13.7 Å². The summed E-state index contributed by atoms with van der Waals surface area (Å²) in [4.78, 5) is 33.6. The second kappa shape index (κ2) is 8.09. The zero-order chi connectivity index (χ0) is 18.4. The van der Waals surface area contributed by atoms with Gasteiger partial charge in [0.2, 0.25) is 0 Å². The number of ether oxygens (including phenoxy) is 2. The molecule has 0 aliphatic carbocycles. The van der Waals surface area contributed by atoms with Gasteiger partial charge in [0, 0.05) is 18.2 Å². The summed E-state index contributed by atoms with van der Waals surface area (Å²) in [6.07, 6.45) is 1.75. The molecule has 0 aliphatic rings. The maximum absolute atomic E-state index is 11.9. The first kappa shape index (κ1) is 18.2. The van der Waals surface area contributed by atoms with Gasteiger partial charge in [-0.25, -0.2) is 4.79 Å². The van der Waals surface area contributed by atoms with E-state index in [1.54, 1.807) is 24.3 Å². The van der Waals surface area contributed by atoms with Crippen LogP contribution in [0.4, 0.5) is 5.69 Å². The highest BCUT2D eigenvalue weighted by Crippen LogP contribution is 2.15. The van der Waals surface area contributed by atoms with Crippen LogP contribution in [0.2, 0.25) is 0 Å². The predicted molar refractivity (Wildman–Crippen MR) is 90.0 cm³/mol. The van der Waals surface area contributed by atoms with E-state index in [1.165, 1.54) is 30.9 Å². The first-order valence-electron chi connectivity index (χ1n) is 7.59. The van der Waals surface area contributed by atoms with Crippen LogP contribution in [0.15, 0.2) is 41.3 Å². The quantitative estimate of drug-likeness (QED) is 0.330. The van der Waals surface area contributed by atoms with Gasteiger partial charge in [-0.05, 0) is 37.6 Å². The molecular formula is C17H18N2O6. The number of carbonyl (C=O) groups is 1. The summed E-state index contributed by atoms with van der Waals surface area (Å²) < 4.78 is 11.4. The highest BCUT2D eigenvalue weighted by Gasteiger charge is 2.13. The fraction of sp³-hybridized carbons (Fsp3) is 0.294. The lowest BCUT2D eigenvalue weighted by atomic mass is 10.2. The molecule has 1 aromatic carbocycles. The minimum Gasteiger partial charge on any atom is -0.494 e. The molecule has 0 unspecified atom stereocenters. The van der Waals surface area contributed by atoms with Crippen LogP contribution in [0, 0.1) is 17.0 Å². The fourth-order valence-corrected chi connectivity index (χ4v) is 2.25. The topological polar surface area (TPSA) is 101 Å². The van der Waals surface area contributed by atoms with E-state index in [4.69, 9.17) is 4.74 Å². The van der Waals surface area contributed by atoms with Gasteiger partial charge in [-0.3, -0.25) is 14.9 Å². The van der Waals surface area contributed by atoms with E-state index in [0.29, 0.717) is 36.4 Å². The van der Waals surface area contributed by atoms with E-state index in [1.807, 2.05) is 0 Å². The Hall–Kier alpha value is -3.16. The predicted octanol–water partition coefficient (Wildman–Crippen LogP) is 2.32. The minimum atomic E-state index is -0.509. The van der Waals surface area contributed by atoms with Crippen molar-refractivity contribution in [1.29, 1.82) is 0 Å². The van der Waals surface area contributed by atoms with Gasteiger partial charge in [-0.1, -0.05) is 0 Å². The molecule has 0 N–H and O–H groups in total. The van der Waals surface area contributed by atoms with Crippen molar-refractivity contribution < 1.29 is 19.2 Å². The Labute approximate surface area is 143 Å². The number of hydrogen-bond donors (Lipinski definition) is 0. The van der Waals surface area contributed by atoms with Gasteiger partial charge in [0.1, 0.15) is 5.75 Å². The van der Waals surface area contributed by atoms with E-state index in [9.17, 15) is 19.7 Å². The number of esters is 1. The van der Waals surface area contributed by atoms with Crippen LogP contribution in [0.3, 0.4) is 0 Å². The summed E-state index contributed by atoms with van der Waals surface area (Å²) >= 11 is 0. The van der Waals surface area contributed by atoms with Crippen molar-refractivity contribution in [3.63, 3.8) is 0 Å². The molecule has 2 aromatic rings. The summed E-state index contributed by atoms with van der Waals surface area (Å²) in [5, 5.41) is 10.9. The van der Waals surface area contributed by atoms with Crippen LogP contribution in [0.1, 0.15) is 22.3 Å². The molecular weight excluding hydrogens is 328 g/mol. The lowest BCUT2D eigenvalue weighted by Gasteiger charge is -2.09. The number of hydrogen-bond acceptors (Lipinski definition) is 6. The number of nitro groups is 1. The summed E-state index contributed by atoms with van der Waals surface area (Å²) in [5.41, 5.74) is 0.394.